The van der Waals surface area contributed by atoms with Gasteiger partial charge in [-0.3, -0.25) is 0 Å². The average Bonchev–Trinajstić information content (AvgIpc) is 2.84. The second kappa shape index (κ2) is 4.35. The van der Waals surface area contributed by atoms with Crippen molar-refractivity contribution in [3.8, 4) is 0 Å². The fourth-order valence-corrected chi connectivity index (χ4v) is 4.84. The van der Waals surface area contributed by atoms with Crippen molar-refractivity contribution in [2.75, 3.05) is 5.75 Å². The zero-order valence-corrected chi connectivity index (χ0v) is 11.2. The van der Waals surface area contributed by atoms with Gasteiger partial charge in [-0.25, -0.2) is 13.4 Å². The standard InChI is InChI=1S/C12H19N3O2S/c13-11-4-1-5-15-8-9(14-12(11)15)7-10-3-2-6-18(10,16)17/h8,10-11H,1-7,13H2. The van der Waals surface area contributed by atoms with Gasteiger partial charge in [0.2, 0.25) is 0 Å². The highest BCUT2D eigenvalue weighted by atomic mass is 32.2. The summed E-state index contributed by atoms with van der Waals surface area (Å²) in [6.45, 7) is 0.952. The summed E-state index contributed by atoms with van der Waals surface area (Å²) in [4.78, 5) is 4.53. The molecule has 1 fully saturated rings. The molecule has 2 N–H and O–H groups in total. The van der Waals surface area contributed by atoms with Crippen LogP contribution in [-0.4, -0.2) is 29.0 Å². The van der Waals surface area contributed by atoms with E-state index in [-0.39, 0.29) is 11.3 Å². The highest BCUT2D eigenvalue weighted by Crippen LogP contribution is 2.26. The maximum Gasteiger partial charge on any atom is 0.153 e. The smallest absolute Gasteiger partial charge is 0.153 e. The van der Waals surface area contributed by atoms with Crippen LogP contribution in [0.25, 0.3) is 0 Å². The molecule has 1 aromatic heterocycles. The lowest BCUT2D eigenvalue weighted by molar-refractivity contribution is 0.451. The van der Waals surface area contributed by atoms with Crippen LogP contribution in [0.2, 0.25) is 0 Å². The Bertz CT molecular complexity index is 550. The van der Waals surface area contributed by atoms with Gasteiger partial charge in [0.05, 0.1) is 22.7 Å². The second-order valence-corrected chi connectivity index (χ2v) is 7.77. The molecular weight excluding hydrogens is 250 g/mol. The van der Waals surface area contributed by atoms with Crippen molar-refractivity contribution in [2.45, 2.75) is 49.9 Å². The molecule has 18 heavy (non-hydrogen) atoms. The van der Waals surface area contributed by atoms with Crippen LogP contribution in [0, 0.1) is 0 Å². The Kier molecular flexibility index (Phi) is 2.94. The highest BCUT2D eigenvalue weighted by molar-refractivity contribution is 7.92. The number of aryl methyl sites for hydroxylation is 1. The molecule has 0 radical (unpaired) electrons. The van der Waals surface area contributed by atoms with Crippen LogP contribution in [0.1, 0.15) is 43.2 Å². The molecule has 5 nitrogen and oxygen atoms in total. The van der Waals surface area contributed by atoms with Gasteiger partial charge >= 0.3 is 0 Å². The SMILES string of the molecule is NC1CCCn2cc(CC3CCCS3(=O)=O)nc21. The van der Waals surface area contributed by atoms with E-state index in [1.807, 2.05) is 6.20 Å². The zero-order chi connectivity index (χ0) is 12.8. The number of rotatable bonds is 2. The Labute approximate surface area is 107 Å². The molecule has 1 aromatic rings. The molecule has 0 bridgehead atoms. The summed E-state index contributed by atoms with van der Waals surface area (Å²) in [6, 6.07) is 0.00712. The van der Waals surface area contributed by atoms with Crippen molar-refractivity contribution in [3.63, 3.8) is 0 Å². The van der Waals surface area contributed by atoms with Gasteiger partial charge in [-0.1, -0.05) is 0 Å². The predicted molar refractivity (Wildman–Crippen MR) is 68.9 cm³/mol. The lowest BCUT2D eigenvalue weighted by Crippen LogP contribution is -2.21. The minimum Gasteiger partial charge on any atom is -0.333 e. The van der Waals surface area contributed by atoms with Crippen molar-refractivity contribution in [1.82, 2.24) is 9.55 Å². The van der Waals surface area contributed by atoms with E-state index in [0.29, 0.717) is 12.2 Å². The van der Waals surface area contributed by atoms with Gasteiger partial charge in [-0.05, 0) is 25.7 Å². The lowest BCUT2D eigenvalue weighted by Gasteiger charge is -2.19. The molecule has 1 saturated heterocycles. The van der Waals surface area contributed by atoms with Crippen molar-refractivity contribution >= 4 is 9.84 Å². The first-order valence-electron chi connectivity index (χ1n) is 6.59. The first-order chi connectivity index (χ1) is 8.56. The summed E-state index contributed by atoms with van der Waals surface area (Å²) in [5.74, 6) is 1.26. The fraction of sp³-hybridized carbons (Fsp3) is 0.750. The van der Waals surface area contributed by atoms with Crippen LogP contribution in [0.4, 0.5) is 0 Å². The molecule has 0 aliphatic carbocycles. The maximum atomic E-state index is 11.8. The van der Waals surface area contributed by atoms with E-state index in [9.17, 15) is 8.42 Å². The third-order valence-electron chi connectivity index (χ3n) is 4.00. The van der Waals surface area contributed by atoms with Gasteiger partial charge in [-0.2, -0.15) is 0 Å². The van der Waals surface area contributed by atoms with E-state index < -0.39 is 9.84 Å². The Morgan fingerprint density at radius 2 is 2.22 bits per heavy atom. The molecule has 3 heterocycles. The van der Waals surface area contributed by atoms with Gasteiger partial charge in [0.1, 0.15) is 5.82 Å². The molecule has 2 aliphatic rings. The minimum atomic E-state index is -2.88. The number of nitrogens with two attached hydrogens (primary N) is 1. The van der Waals surface area contributed by atoms with E-state index in [1.165, 1.54) is 0 Å². The molecule has 0 spiro atoms. The summed E-state index contributed by atoms with van der Waals surface area (Å²) in [5, 5.41) is -0.231. The number of hydrogen-bond acceptors (Lipinski definition) is 4. The third kappa shape index (κ3) is 2.07. The molecular formula is C12H19N3O2S. The molecule has 6 heteroatoms. The van der Waals surface area contributed by atoms with Gasteiger partial charge in [-0.15, -0.1) is 0 Å². The number of hydrogen-bond donors (Lipinski definition) is 1. The normalized spacial score (nSPS) is 30.3. The maximum absolute atomic E-state index is 11.8. The number of fused-ring (bicyclic) bond motifs is 1. The predicted octanol–water partition coefficient (Wildman–Crippen LogP) is 0.796. The van der Waals surface area contributed by atoms with E-state index in [0.717, 1.165) is 43.7 Å². The Hall–Kier alpha value is -0.880. The van der Waals surface area contributed by atoms with E-state index in [1.54, 1.807) is 0 Å². The van der Waals surface area contributed by atoms with Crippen LogP contribution in [0.5, 0.6) is 0 Å². The van der Waals surface area contributed by atoms with Crippen LogP contribution in [0.3, 0.4) is 0 Å². The van der Waals surface area contributed by atoms with Crippen LogP contribution in [-0.2, 0) is 22.8 Å². The van der Waals surface area contributed by atoms with Crippen LogP contribution in [0.15, 0.2) is 6.20 Å². The zero-order valence-electron chi connectivity index (χ0n) is 10.4. The number of aromatic nitrogens is 2. The van der Waals surface area contributed by atoms with Gasteiger partial charge < -0.3 is 10.3 Å². The van der Waals surface area contributed by atoms with Crippen molar-refractivity contribution < 1.29 is 8.42 Å². The van der Waals surface area contributed by atoms with Crippen molar-refractivity contribution in [2.24, 2.45) is 5.73 Å². The average molecular weight is 269 g/mol. The second-order valence-electron chi connectivity index (χ2n) is 5.37. The molecule has 0 amide bonds. The third-order valence-corrected chi connectivity index (χ3v) is 6.28. The molecule has 3 rings (SSSR count). The molecule has 0 saturated carbocycles. The summed E-state index contributed by atoms with van der Waals surface area (Å²) in [7, 11) is -2.88. The number of sulfone groups is 1. The summed E-state index contributed by atoms with van der Waals surface area (Å²) < 4.78 is 25.7. The number of nitrogens with zero attached hydrogens (tertiary/aromatic N) is 2. The van der Waals surface area contributed by atoms with Gasteiger partial charge in [0, 0.05) is 19.2 Å². The summed E-state index contributed by atoms with van der Waals surface area (Å²) >= 11 is 0. The molecule has 2 atom stereocenters. The van der Waals surface area contributed by atoms with Gasteiger partial charge in [0.25, 0.3) is 0 Å². The highest BCUT2D eigenvalue weighted by Gasteiger charge is 2.32. The Morgan fingerprint density at radius 1 is 1.39 bits per heavy atom. The Balaban J connectivity index is 1.82. The van der Waals surface area contributed by atoms with Gasteiger partial charge in [0.15, 0.2) is 9.84 Å². The van der Waals surface area contributed by atoms with Crippen LogP contribution >= 0.6 is 0 Å². The Morgan fingerprint density at radius 3 is 2.89 bits per heavy atom. The summed E-state index contributed by atoms with van der Waals surface area (Å²) in [5.41, 5.74) is 6.91. The fourth-order valence-electron chi connectivity index (χ4n) is 2.99. The first-order valence-corrected chi connectivity index (χ1v) is 8.31. The molecule has 0 aromatic carbocycles. The van der Waals surface area contributed by atoms with E-state index in [4.69, 9.17) is 5.73 Å². The number of imidazole rings is 1. The minimum absolute atomic E-state index is 0.00712. The molecule has 100 valence electrons. The van der Waals surface area contributed by atoms with E-state index >= 15 is 0 Å². The molecule has 2 aliphatic heterocycles. The topological polar surface area (TPSA) is 78.0 Å². The van der Waals surface area contributed by atoms with Crippen LogP contribution < -0.4 is 5.73 Å². The lowest BCUT2D eigenvalue weighted by atomic mass is 10.1. The van der Waals surface area contributed by atoms with Crippen molar-refractivity contribution in [1.29, 1.82) is 0 Å². The quantitative estimate of drug-likeness (QED) is 0.861. The largest absolute Gasteiger partial charge is 0.333 e. The first kappa shape index (κ1) is 12.2. The summed E-state index contributed by atoms with van der Waals surface area (Å²) in [6.07, 6.45) is 6.15. The molecule has 2 unspecified atom stereocenters. The van der Waals surface area contributed by atoms with Crippen molar-refractivity contribution in [3.05, 3.63) is 17.7 Å². The van der Waals surface area contributed by atoms with E-state index in [2.05, 4.69) is 9.55 Å². The monoisotopic (exact) mass is 269 g/mol.